The lowest BCUT2D eigenvalue weighted by molar-refractivity contribution is -0.384. The summed E-state index contributed by atoms with van der Waals surface area (Å²) in [5.41, 5.74) is 1.66. The van der Waals surface area contributed by atoms with Gasteiger partial charge >= 0.3 is 0 Å². The van der Waals surface area contributed by atoms with E-state index < -0.39 is 11.0 Å². The number of carbonyl (C=O) groups excluding carboxylic acids is 1. The fraction of sp³-hybridized carbons (Fsp3) is 0.174. The van der Waals surface area contributed by atoms with Crippen LogP contribution in [-0.4, -0.2) is 22.0 Å². The van der Waals surface area contributed by atoms with Crippen LogP contribution in [0.15, 0.2) is 84.9 Å². The summed E-state index contributed by atoms with van der Waals surface area (Å²) in [7, 11) is 0. The molecule has 0 saturated heterocycles. The molecular weight excluding hydrogens is 368 g/mol. The first-order valence-corrected chi connectivity index (χ1v) is 9.39. The number of benzene rings is 3. The fourth-order valence-electron chi connectivity index (χ4n) is 3.47. The second-order valence-electron chi connectivity index (χ2n) is 6.72. The molecule has 0 fully saturated rings. The minimum atomic E-state index is -0.883. The third kappa shape index (κ3) is 4.50. The van der Waals surface area contributed by atoms with Crippen molar-refractivity contribution < 1.29 is 14.9 Å². The quantitative estimate of drug-likeness (QED) is 0.323. The Morgan fingerprint density at radius 2 is 1.52 bits per heavy atom. The first kappa shape index (κ1) is 20.2. The summed E-state index contributed by atoms with van der Waals surface area (Å²) in [5.74, 6) is -0.578. The van der Waals surface area contributed by atoms with Crippen molar-refractivity contribution in [2.75, 3.05) is 5.06 Å². The summed E-state index contributed by atoms with van der Waals surface area (Å²) in [5, 5.41) is 22.9. The first-order valence-electron chi connectivity index (χ1n) is 9.39. The van der Waals surface area contributed by atoms with Gasteiger partial charge in [-0.2, -0.15) is 0 Å². The number of hydrogen-bond acceptors (Lipinski definition) is 5. The molecule has 0 aliphatic heterocycles. The number of hydrogen-bond donors (Lipinski definition) is 1. The van der Waals surface area contributed by atoms with E-state index in [0.717, 1.165) is 10.6 Å². The Labute approximate surface area is 169 Å². The van der Waals surface area contributed by atoms with E-state index in [4.69, 9.17) is 0 Å². The molecule has 2 atom stereocenters. The Morgan fingerprint density at radius 1 is 0.966 bits per heavy atom. The van der Waals surface area contributed by atoms with E-state index in [1.54, 1.807) is 24.3 Å². The van der Waals surface area contributed by atoms with Crippen LogP contribution in [0.1, 0.15) is 35.2 Å². The Morgan fingerprint density at radius 3 is 2.03 bits per heavy atom. The average Bonchev–Trinajstić information content (AvgIpc) is 2.77. The van der Waals surface area contributed by atoms with Crippen LogP contribution in [0.2, 0.25) is 0 Å². The van der Waals surface area contributed by atoms with Crippen LogP contribution in [0.3, 0.4) is 0 Å². The number of anilines is 1. The van der Waals surface area contributed by atoms with Crippen molar-refractivity contribution in [3.8, 4) is 0 Å². The van der Waals surface area contributed by atoms with E-state index in [0.29, 0.717) is 17.7 Å². The van der Waals surface area contributed by atoms with Gasteiger partial charge < -0.3 is 0 Å². The highest BCUT2D eigenvalue weighted by Crippen LogP contribution is 2.31. The van der Waals surface area contributed by atoms with Gasteiger partial charge in [-0.05, 0) is 36.2 Å². The predicted molar refractivity (Wildman–Crippen MR) is 111 cm³/mol. The lowest BCUT2D eigenvalue weighted by Crippen LogP contribution is -2.43. The molecule has 0 saturated carbocycles. The molecule has 0 aromatic heterocycles. The zero-order valence-corrected chi connectivity index (χ0v) is 16.0. The average molecular weight is 390 g/mol. The van der Waals surface area contributed by atoms with Crippen LogP contribution in [0, 0.1) is 10.1 Å². The Bertz CT molecular complexity index is 959. The van der Waals surface area contributed by atoms with Crippen LogP contribution < -0.4 is 5.06 Å². The van der Waals surface area contributed by atoms with Crippen LogP contribution in [0.4, 0.5) is 11.4 Å². The molecule has 29 heavy (non-hydrogen) atoms. The number of rotatable bonds is 8. The second kappa shape index (κ2) is 9.12. The molecule has 3 rings (SSSR count). The normalized spacial score (nSPS) is 12.8. The van der Waals surface area contributed by atoms with Gasteiger partial charge in [-0.25, -0.2) is 5.06 Å². The molecule has 148 valence electrons. The van der Waals surface area contributed by atoms with Crippen molar-refractivity contribution >= 4 is 17.2 Å². The maximum absolute atomic E-state index is 13.4. The minimum Gasteiger partial charge on any atom is -0.292 e. The van der Waals surface area contributed by atoms with Gasteiger partial charge in [0, 0.05) is 23.6 Å². The molecule has 1 N–H and O–H groups in total. The maximum atomic E-state index is 13.4. The maximum Gasteiger partial charge on any atom is 0.269 e. The number of nitro benzene ring substituents is 1. The van der Waals surface area contributed by atoms with Gasteiger partial charge in [0.25, 0.3) is 5.69 Å². The highest BCUT2D eigenvalue weighted by molar-refractivity contribution is 6.02. The summed E-state index contributed by atoms with van der Waals surface area (Å²) in [6, 6.07) is 23.0. The minimum absolute atomic E-state index is 0.0860. The molecule has 0 spiro atoms. The number of Topliss-reactive ketones (excluding diaryl/α,β-unsaturated/α-hetero) is 1. The van der Waals surface area contributed by atoms with Crippen molar-refractivity contribution in [1.29, 1.82) is 0 Å². The summed E-state index contributed by atoms with van der Waals surface area (Å²) in [6.07, 6.45) is 0.622. The van der Waals surface area contributed by atoms with E-state index in [-0.39, 0.29) is 17.4 Å². The molecule has 2 unspecified atom stereocenters. The van der Waals surface area contributed by atoms with Gasteiger partial charge in [0.15, 0.2) is 5.78 Å². The van der Waals surface area contributed by atoms with Gasteiger partial charge in [0.05, 0.1) is 10.6 Å². The van der Waals surface area contributed by atoms with Crippen LogP contribution in [-0.2, 0) is 0 Å². The molecule has 0 aliphatic carbocycles. The lowest BCUT2D eigenvalue weighted by Gasteiger charge is -2.33. The van der Waals surface area contributed by atoms with Gasteiger partial charge in [0.2, 0.25) is 0 Å². The van der Waals surface area contributed by atoms with Gasteiger partial charge in [-0.1, -0.05) is 55.5 Å². The van der Waals surface area contributed by atoms with Crippen molar-refractivity contribution in [1.82, 2.24) is 0 Å². The first-order chi connectivity index (χ1) is 14.0. The molecule has 6 heteroatoms. The molecule has 0 heterocycles. The van der Waals surface area contributed by atoms with E-state index in [1.165, 1.54) is 24.3 Å². The standard InChI is InChI=1S/C23H22N2O4/c1-2-21(17-9-5-3-6-10-17)22(24(27)19-11-7-4-8-12-19)23(26)18-13-15-20(16-14-18)25(28)29/h3-16,21-22,27H,2H2,1H3. The molecular formula is C23H22N2O4. The van der Waals surface area contributed by atoms with E-state index in [9.17, 15) is 20.1 Å². The summed E-state index contributed by atoms with van der Waals surface area (Å²) in [6.45, 7) is 1.96. The predicted octanol–water partition coefficient (Wildman–Crippen LogP) is 5.24. The highest BCUT2D eigenvalue weighted by Gasteiger charge is 2.34. The molecule has 3 aromatic carbocycles. The van der Waals surface area contributed by atoms with Crippen molar-refractivity contribution in [2.24, 2.45) is 0 Å². The number of nitro groups is 1. The number of non-ortho nitro benzene ring substituents is 1. The van der Waals surface area contributed by atoms with E-state index in [2.05, 4.69) is 0 Å². The van der Waals surface area contributed by atoms with Crippen molar-refractivity contribution in [3.63, 3.8) is 0 Å². The van der Waals surface area contributed by atoms with Crippen molar-refractivity contribution in [2.45, 2.75) is 25.3 Å². The lowest BCUT2D eigenvalue weighted by atomic mass is 9.84. The Hall–Kier alpha value is -3.51. The van der Waals surface area contributed by atoms with Crippen LogP contribution in [0.5, 0.6) is 0 Å². The fourth-order valence-corrected chi connectivity index (χ4v) is 3.47. The summed E-state index contributed by atoms with van der Waals surface area (Å²) < 4.78 is 0. The Balaban J connectivity index is 2.04. The number of nitrogens with zero attached hydrogens (tertiary/aromatic N) is 2. The molecule has 0 amide bonds. The second-order valence-corrected chi connectivity index (χ2v) is 6.72. The zero-order valence-electron chi connectivity index (χ0n) is 16.0. The Kier molecular flexibility index (Phi) is 6.36. The third-order valence-corrected chi connectivity index (χ3v) is 4.96. The molecule has 3 aromatic rings. The van der Waals surface area contributed by atoms with Crippen LogP contribution in [0.25, 0.3) is 0 Å². The third-order valence-electron chi connectivity index (χ3n) is 4.96. The number of hydroxylamine groups is 1. The van der Waals surface area contributed by atoms with Gasteiger partial charge in [0.1, 0.15) is 6.04 Å². The molecule has 6 nitrogen and oxygen atoms in total. The van der Waals surface area contributed by atoms with E-state index in [1.807, 2.05) is 43.3 Å². The number of para-hydroxylation sites is 1. The largest absolute Gasteiger partial charge is 0.292 e. The van der Waals surface area contributed by atoms with Crippen molar-refractivity contribution in [3.05, 3.63) is 106 Å². The molecule has 0 bridgehead atoms. The monoisotopic (exact) mass is 390 g/mol. The SMILES string of the molecule is CCC(c1ccccc1)C(C(=O)c1ccc([N+](=O)[O-])cc1)N(O)c1ccccc1. The topological polar surface area (TPSA) is 83.7 Å². The van der Waals surface area contributed by atoms with Gasteiger partial charge in [-0.15, -0.1) is 0 Å². The summed E-state index contributed by atoms with van der Waals surface area (Å²) in [4.78, 5) is 23.9. The highest BCUT2D eigenvalue weighted by atomic mass is 16.6. The number of ketones is 1. The van der Waals surface area contributed by atoms with Gasteiger partial charge in [-0.3, -0.25) is 20.1 Å². The van der Waals surface area contributed by atoms with E-state index >= 15 is 0 Å². The molecule has 0 aliphatic rings. The number of carbonyl (C=O) groups is 1. The summed E-state index contributed by atoms with van der Waals surface area (Å²) >= 11 is 0. The molecule has 0 radical (unpaired) electrons. The zero-order chi connectivity index (χ0) is 20.8. The van der Waals surface area contributed by atoms with Crippen LogP contribution >= 0.6 is 0 Å². The smallest absolute Gasteiger partial charge is 0.269 e.